The highest BCUT2D eigenvalue weighted by Gasteiger charge is 2.12. The minimum Gasteiger partial charge on any atom is -0.478 e. The van der Waals surface area contributed by atoms with E-state index in [4.69, 9.17) is 0 Å². The summed E-state index contributed by atoms with van der Waals surface area (Å²) in [7, 11) is 0. The summed E-state index contributed by atoms with van der Waals surface area (Å²) in [5, 5.41) is 10.3. The largest absolute Gasteiger partial charge is 0.478 e. The molecule has 0 unspecified atom stereocenters. The molecule has 1 aromatic heterocycles. The van der Waals surface area contributed by atoms with Crippen LogP contribution in [0.1, 0.15) is 21.5 Å². The first-order valence-electron chi connectivity index (χ1n) is 6.62. The smallest absolute Gasteiger partial charge is 0.336 e. The third-order valence-corrected chi connectivity index (χ3v) is 3.57. The summed E-state index contributed by atoms with van der Waals surface area (Å²) >= 11 is 0. The van der Waals surface area contributed by atoms with Gasteiger partial charge in [0.1, 0.15) is 5.82 Å². The Kier molecular flexibility index (Phi) is 3.22. The molecule has 3 rings (SSSR count). The Labute approximate surface area is 121 Å². The lowest BCUT2D eigenvalue weighted by Crippen LogP contribution is -2.07. The van der Waals surface area contributed by atoms with Gasteiger partial charge in [-0.25, -0.2) is 9.18 Å². The highest BCUT2D eigenvalue weighted by atomic mass is 19.1. The van der Waals surface area contributed by atoms with E-state index < -0.39 is 11.8 Å². The maximum Gasteiger partial charge on any atom is 0.336 e. The van der Waals surface area contributed by atoms with E-state index in [0.717, 1.165) is 17.0 Å². The van der Waals surface area contributed by atoms with Crippen LogP contribution in [-0.4, -0.2) is 15.6 Å². The lowest BCUT2D eigenvalue weighted by molar-refractivity contribution is 0.0695. The lowest BCUT2D eigenvalue weighted by Gasteiger charge is -2.09. The van der Waals surface area contributed by atoms with Crippen molar-refractivity contribution in [2.75, 3.05) is 0 Å². The maximum atomic E-state index is 13.2. The van der Waals surface area contributed by atoms with E-state index in [9.17, 15) is 14.3 Å². The van der Waals surface area contributed by atoms with Gasteiger partial charge in [0.2, 0.25) is 0 Å². The average Bonchev–Trinajstić information content (AvgIpc) is 2.82. The Morgan fingerprint density at radius 2 is 2.00 bits per heavy atom. The fraction of sp³-hybridized carbons (Fsp3) is 0.118. The number of benzene rings is 2. The Morgan fingerprint density at radius 1 is 1.19 bits per heavy atom. The number of nitrogens with zero attached hydrogens (tertiary/aromatic N) is 1. The molecule has 0 aliphatic rings. The van der Waals surface area contributed by atoms with Gasteiger partial charge in [-0.05, 0) is 48.2 Å². The van der Waals surface area contributed by atoms with Crippen LogP contribution in [0.5, 0.6) is 0 Å². The number of halogens is 1. The van der Waals surface area contributed by atoms with Gasteiger partial charge in [0.15, 0.2) is 0 Å². The monoisotopic (exact) mass is 283 g/mol. The van der Waals surface area contributed by atoms with Gasteiger partial charge in [0.25, 0.3) is 0 Å². The molecule has 3 nitrogen and oxygen atoms in total. The van der Waals surface area contributed by atoms with E-state index >= 15 is 0 Å². The quantitative estimate of drug-likeness (QED) is 0.793. The minimum absolute atomic E-state index is 0.00367. The molecule has 1 N–H and O–H groups in total. The molecule has 3 aromatic rings. The van der Waals surface area contributed by atoms with Crippen molar-refractivity contribution in [2.45, 2.75) is 13.5 Å². The van der Waals surface area contributed by atoms with Crippen LogP contribution in [-0.2, 0) is 6.54 Å². The summed E-state index contributed by atoms with van der Waals surface area (Å²) in [6, 6.07) is 12.0. The standard InChI is InChI=1S/C17H14FNO2/c1-11-2-5-16-12(8-11)6-7-19(16)10-13-3-4-14(18)9-15(13)17(20)21/h2-9H,10H2,1H3,(H,20,21). The van der Waals surface area contributed by atoms with Crippen molar-refractivity contribution in [3.63, 3.8) is 0 Å². The van der Waals surface area contributed by atoms with Crippen LogP contribution >= 0.6 is 0 Å². The zero-order chi connectivity index (χ0) is 15.0. The van der Waals surface area contributed by atoms with Crippen molar-refractivity contribution in [1.82, 2.24) is 4.57 Å². The summed E-state index contributed by atoms with van der Waals surface area (Å²) in [4.78, 5) is 11.2. The van der Waals surface area contributed by atoms with Crippen LogP contribution in [0.3, 0.4) is 0 Å². The topological polar surface area (TPSA) is 42.2 Å². The molecule has 0 amide bonds. The number of aromatic nitrogens is 1. The molecule has 4 heteroatoms. The number of rotatable bonds is 3. The molecule has 2 aromatic carbocycles. The highest BCUT2D eigenvalue weighted by molar-refractivity contribution is 5.89. The summed E-state index contributed by atoms with van der Waals surface area (Å²) in [6.45, 7) is 2.42. The summed E-state index contributed by atoms with van der Waals surface area (Å²) < 4.78 is 15.2. The first kappa shape index (κ1) is 13.4. The Morgan fingerprint density at radius 3 is 2.76 bits per heavy atom. The maximum absolute atomic E-state index is 13.2. The van der Waals surface area contributed by atoms with E-state index in [0.29, 0.717) is 12.1 Å². The number of hydrogen-bond acceptors (Lipinski definition) is 1. The molecule has 0 saturated heterocycles. The second kappa shape index (κ2) is 5.05. The third kappa shape index (κ3) is 2.52. The van der Waals surface area contributed by atoms with E-state index in [1.165, 1.54) is 17.7 Å². The van der Waals surface area contributed by atoms with E-state index in [1.807, 2.05) is 35.9 Å². The zero-order valence-electron chi connectivity index (χ0n) is 11.5. The van der Waals surface area contributed by atoms with E-state index in [2.05, 4.69) is 6.07 Å². The predicted molar refractivity (Wildman–Crippen MR) is 79.1 cm³/mol. The van der Waals surface area contributed by atoms with Crippen LogP contribution in [0.2, 0.25) is 0 Å². The van der Waals surface area contributed by atoms with E-state index in [1.54, 1.807) is 0 Å². The van der Waals surface area contributed by atoms with Crippen molar-refractivity contribution < 1.29 is 14.3 Å². The van der Waals surface area contributed by atoms with Gasteiger partial charge in [0, 0.05) is 18.3 Å². The SMILES string of the molecule is Cc1ccc2c(ccn2Cc2ccc(F)cc2C(=O)O)c1. The lowest BCUT2D eigenvalue weighted by atomic mass is 10.1. The summed E-state index contributed by atoms with van der Waals surface area (Å²) in [6.07, 6.45) is 1.92. The number of aromatic carboxylic acids is 1. The molecule has 0 aliphatic carbocycles. The molecule has 0 spiro atoms. The molecular weight excluding hydrogens is 269 g/mol. The van der Waals surface area contributed by atoms with Crippen LogP contribution < -0.4 is 0 Å². The van der Waals surface area contributed by atoms with Gasteiger partial charge in [-0.3, -0.25) is 0 Å². The molecule has 0 aliphatic heterocycles. The Balaban J connectivity index is 2.05. The Bertz CT molecular complexity index is 836. The number of carboxylic acid groups (broad SMARTS) is 1. The second-order valence-corrected chi connectivity index (χ2v) is 5.11. The predicted octanol–water partition coefficient (Wildman–Crippen LogP) is 3.84. The number of fused-ring (bicyclic) bond motifs is 1. The molecule has 0 atom stereocenters. The van der Waals surface area contributed by atoms with Crippen LogP contribution in [0.4, 0.5) is 4.39 Å². The molecule has 0 saturated carbocycles. The number of hydrogen-bond donors (Lipinski definition) is 1. The van der Waals surface area contributed by atoms with Crippen LogP contribution in [0.25, 0.3) is 10.9 Å². The van der Waals surface area contributed by atoms with Gasteiger partial charge in [0.05, 0.1) is 5.56 Å². The molecular formula is C17H14FNO2. The van der Waals surface area contributed by atoms with Crippen molar-refractivity contribution in [3.05, 3.63) is 71.2 Å². The molecule has 0 bridgehead atoms. The number of carboxylic acids is 1. The second-order valence-electron chi connectivity index (χ2n) is 5.11. The molecule has 1 heterocycles. The molecule has 0 radical (unpaired) electrons. The van der Waals surface area contributed by atoms with Gasteiger partial charge in [-0.2, -0.15) is 0 Å². The summed E-state index contributed by atoms with van der Waals surface area (Å²) in [5.74, 6) is -1.65. The third-order valence-electron chi connectivity index (χ3n) is 3.57. The number of aryl methyl sites for hydroxylation is 1. The fourth-order valence-corrected chi connectivity index (χ4v) is 2.53. The van der Waals surface area contributed by atoms with Crippen LogP contribution in [0, 0.1) is 12.7 Å². The molecule has 106 valence electrons. The average molecular weight is 283 g/mol. The van der Waals surface area contributed by atoms with Crippen molar-refractivity contribution in [2.24, 2.45) is 0 Å². The first-order chi connectivity index (χ1) is 10.0. The minimum atomic E-state index is -1.11. The van der Waals surface area contributed by atoms with Crippen molar-refractivity contribution in [3.8, 4) is 0 Å². The van der Waals surface area contributed by atoms with Gasteiger partial charge in [-0.15, -0.1) is 0 Å². The molecule has 21 heavy (non-hydrogen) atoms. The van der Waals surface area contributed by atoms with Gasteiger partial charge in [-0.1, -0.05) is 17.7 Å². The highest BCUT2D eigenvalue weighted by Crippen LogP contribution is 2.20. The van der Waals surface area contributed by atoms with Crippen LogP contribution in [0.15, 0.2) is 48.7 Å². The fourth-order valence-electron chi connectivity index (χ4n) is 2.53. The van der Waals surface area contributed by atoms with Crippen molar-refractivity contribution in [1.29, 1.82) is 0 Å². The number of carbonyl (C=O) groups is 1. The van der Waals surface area contributed by atoms with Gasteiger partial charge >= 0.3 is 5.97 Å². The Hall–Kier alpha value is -2.62. The zero-order valence-corrected chi connectivity index (χ0v) is 11.5. The van der Waals surface area contributed by atoms with Gasteiger partial charge < -0.3 is 9.67 Å². The van der Waals surface area contributed by atoms with E-state index in [-0.39, 0.29) is 5.56 Å². The summed E-state index contributed by atoms with van der Waals surface area (Å²) in [5.41, 5.74) is 2.79. The molecule has 0 fully saturated rings. The normalized spacial score (nSPS) is 11.0. The first-order valence-corrected chi connectivity index (χ1v) is 6.62. The van der Waals surface area contributed by atoms with Crippen molar-refractivity contribution >= 4 is 16.9 Å².